The summed E-state index contributed by atoms with van der Waals surface area (Å²) in [4.78, 5) is 16.5. The molecule has 0 amide bonds. The van der Waals surface area contributed by atoms with Crippen molar-refractivity contribution in [1.82, 2.24) is 14.8 Å². The Balaban J connectivity index is 2.20. The fourth-order valence-electron chi connectivity index (χ4n) is 1.84. The van der Waals surface area contributed by atoms with Gasteiger partial charge in [-0.2, -0.15) is 5.10 Å². The van der Waals surface area contributed by atoms with E-state index in [0.29, 0.717) is 23.3 Å². The fraction of sp³-hybridized carbons (Fsp3) is 0.462. The van der Waals surface area contributed by atoms with E-state index in [0.717, 1.165) is 11.4 Å². The number of halogens is 1. The first-order valence-corrected chi connectivity index (χ1v) is 8.25. The Hall–Kier alpha value is -1.25. The van der Waals surface area contributed by atoms with Crippen LogP contribution in [0.2, 0.25) is 0 Å². The molecule has 0 aliphatic rings. The van der Waals surface area contributed by atoms with Crippen molar-refractivity contribution in [3.63, 3.8) is 0 Å². The number of methoxy groups -OCH3 is 1. The van der Waals surface area contributed by atoms with E-state index < -0.39 is 0 Å². The summed E-state index contributed by atoms with van der Waals surface area (Å²) in [6.45, 7) is 2.95. The molecule has 21 heavy (non-hydrogen) atoms. The predicted molar refractivity (Wildman–Crippen MR) is 86.8 cm³/mol. The van der Waals surface area contributed by atoms with Crippen LogP contribution in [-0.2, 0) is 11.3 Å². The first-order chi connectivity index (χ1) is 10.2. The number of nitrogens with one attached hydrogen (secondary N) is 1. The molecule has 2 rings (SSSR count). The van der Waals surface area contributed by atoms with Crippen molar-refractivity contribution in [3.8, 4) is 0 Å². The van der Waals surface area contributed by atoms with E-state index in [1.165, 1.54) is 4.68 Å². The van der Waals surface area contributed by atoms with Crippen LogP contribution in [0.25, 0.3) is 0 Å². The largest absolute Gasteiger partial charge is 0.383 e. The molecule has 2 aromatic heterocycles. The number of thiazole rings is 1. The summed E-state index contributed by atoms with van der Waals surface area (Å²) in [6, 6.07) is 0.0670. The van der Waals surface area contributed by atoms with Crippen molar-refractivity contribution < 1.29 is 4.74 Å². The van der Waals surface area contributed by atoms with Gasteiger partial charge < -0.3 is 10.1 Å². The quantitative estimate of drug-likeness (QED) is 0.808. The maximum atomic E-state index is 12.2. The summed E-state index contributed by atoms with van der Waals surface area (Å²) in [5.41, 5.74) is 0.502. The lowest BCUT2D eigenvalue weighted by atomic mass is 10.2. The molecular weight excluding hydrogens is 356 g/mol. The van der Waals surface area contributed by atoms with Gasteiger partial charge >= 0.3 is 0 Å². The second-order valence-corrected chi connectivity index (χ2v) is 6.09. The Morgan fingerprint density at radius 3 is 3.00 bits per heavy atom. The maximum Gasteiger partial charge on any atom is 0.283 e. The lowest BCUT2D eigenvalue weighted by Crippen LogP contribution is -2.26. The first kappa shape index (κ1) is 16.1. The fourth-order valence-corrected chi connectivity index (χ4v) is 3.03. The van der Waals surface area contributed by atoms with Crippen molar-refractivity contribution in [2.24, 2.45) is 0 Å². The molecule has 0 aliphatic heterocycles. The van der Waals surface area contributed by atoms with Gasteiger partial charge in [-0.1, -0.05) is 6.92 Å². The topological polar surface area (TPSA) is 69.0 Å². The standard InChI is InChI=1S/C13H17BrN4O2S/c1-3-9(12-15-4-7-21-12)17-10-8-16-18(5-6-20-2)13(19)11(10)14/h4,7-9,17H,3,5-6H2,1-2H3. The average Bonchev–Trinajstić information content (AvgIpc) is 3.02. The van der Waals surface area contributed by atoms with Gasteiger partial charge in [-0.25, -0.2) is 9.67 Å². The van der Waals surface area contributed by atoms with Crippen LogP contribution in [0.5, 0.6) is 0 Å². The molecule has 0 aromatic carbocycles. The van der Waals surface area contributed by atoms with E-state index in [2.05, 4.69) is 38.3 Å². The van der Waals surface area contributed by atoms with E-state index in [-0.39, 0.29) is 11.6 Å². The third-order valence-corrected chi connectivity index (χ3v) is 4.64. The second-order valence-electron chi connectivity index (χ2n) is 4.37. The van der Waals surface area contributed by atoms with Crippen LogP contribution >= 0.6 is 27.3 Å². The van der Waals surface area contributed by atoms with Gasteiger partial charge in [0.15, 0.2) is 0 Å². The monoisotopic (exact) mass is 372 g/mol. The zero-order chi connectivity index (χ0) is 15.2. The summed E-state index contributed by atoms with van der Waals surface area (Å²) in [6.07, 6.45) is 4.30. The Bertz CT molecular complexity index is 630. The molecule has 0 bridgehead atoms. The Kier molecular flexibility index (Phi) is 5.89. The second kappa shape index (κ2) is 7.67. The molecule has 0 fully saturated rings. The average molecular weight is 373 g/mol. The van der Waals surface area contributed by atoms with Crippen molar-refractivity contribution in [2.75, 3.05) is 19.0 Å². The molecule has 8 heteroatoms. The lowest BCUT2D eigenvalue weighted by Gasteiger charge is -2.17. The Labute approximate surface area is 135 Å². The number of hydrogen-bond donors (Lipinski definition) is 1. The van der Waals surface area contributed by atoms with Crippen LogP contribution in [0.15, 0.2) is 27.0 Å². The minimum absolute atomic E-state index is 0.0670. The van der Waals surface area contributed by atoms with Gasteiger partial charge in [0.1, 0.15) is 9.48 Å². The maximum absolute atomic E-state index is 12.2. The number of nitrogens with zero attached hydrogens (tertiary/aromatic N) is 3. The predicted octanol–water partition coefficient (Wildman–Crippen LogP) is 2.67. The molecular formula is C13H17BrN4O2S. The normalized spacial score (nSPS) is 12.3. The summed E-state index contributed by atoms with van der Waals surface area (Å²) in [7, 11) is 1.59. The van der Waals surface area contributed by atoms with E-state index in [1.807, 2.05) is 5.38 Å². The van der Waals surface area contributed by atoms with Gasteiger partial charge in [0.2, 0.25) is 0 Å². The Morgan fingerprint density at radius 2 is 2.38 bits per heavy atom. The molecule has 0 radical (unpaired) electrons. The van der Waals surface area contributed by atoms with E-state index in [1.54, 1.807) is 30.8 Å². The zero-order valence-corrected chi connectivity index (χ0v) is 14.3. The van der Waals surface area contributed by atoms with Crippen molar-refractivity contribution in [2.45, 2.75) is 25.9 Å². The highest BCUT2D eigenvalue weighted by Crippen LogP contribution is 2.26. The molecule has 0 spiro atoms. The number of rotatable bonds is 7. The minimum atomic E-state index is -0.175. The summed E-state index contributed by atoms with van der Waals surface area (Å²) < 4.78 is 6.82. The van der Waals surface area contributed by atoms with Crippen LogP contribution in [0.4, 0.5) is 5.69 Å². The zero-order valence-electron chi connectivity index (χ0n) is 11.9. The highest BCUT2D eigenvalue weighted by Gasteiger charge is 2.15. The third kappa shape index (κ3) is 3.90. The first-order valence-electron chi connectivity index (χ1n) is 6.57. The summed E-state index contributed by atoms with van der Waals surface area (Å²) in [5.74, 6) is 0. The van der Waals surface area contributed by atoms with E-state index in [4.69, 9.17) is 4.74 Å². The van der Waals surface area contributed by atoms with Gasteiger partial charge in [-0.05, 0) is 22.4 Å². The van der Waals surface area contributed by atoms with Gasteiger partial charge in [-0.15, -0.1) is 11.3 Å². The van der Waals surface area contributed by atoms with Crippen molar-refractivity contribution >= 4 is 33.0 Å². The molecule has 2 aromatic rings. The lowest BCUT2D eigenvalue weighted by molar-refractivity contribution is 0.181. The highest BCUT2D eigenvalue weighted by atomic mass is 79.9. The van der Waals surface area contributed by atoms with E-state index >= 15 is 0 Å². The molecule has 1 atom stereocenters. The van der Waals surface area contributed by atoms with Crippen LogP contribution in [0, 0.1) is 0 Å². The molecule has 0 saturated heterocycles. The van der Waals surface area contributed by atoms with Gasteiger partial charge in [0.25, 0.3) is 5.56 Å². The molecule has 114 valence electrons. The van der Waals surface area contributed by atoms with Gasteiger partial charge in [0, 0.05) is 18.7 Å². The highest BCUT2D eigenvalue weighted by molar-refractivity contribution is 9.10. The molecule has 0 aliphatic carbocycles. The van der Waals surface area contributed by atoms with Crippen LogP contribution < -0.4 is 10.9 Å². The number of hydrogen-bond acceptors (Lipinski definition) is 6. The molecule has 6 nitrogen and oxygen atoms in total. The summed E-state index contributed by atoms with van der Waals surface area (Å²) >= 11 is 4.94. The molecule has 1 N–H and O–H groups in total. The SMILES string of the molecule is CCC(Nc1cnn(CCOC)c(=O)c1Br)c1nccs1. The van der Waals surface area contributed by atoms with E-state index in [9.17, 15) is 4.79 Å². The van der Waals surface area contributed by atoms with Crippen molar-refractivity contribution in [1.29, 1.82) is 0 Å². The summed E-state index contributed by atoms with van der Waals surface area (Å²) in [5, 5.41) is 10.4. The molecule has 1 unspecified atom stereocenters. The van der Waals surface area contributed by atoms with Crippen LogP contribution in [0.3, 0.4) is 0 Å². The molecule has 2 heterocycles. The third-order valence-electron chi connectivity index (χ3n) is 2.98. The minimum Gasteiger partial charge on any atom is -0.383 e. The van der Waals surface area contributed by atoms with Gasteiger partial charge in [-0.3, -0.25) is 4.79 Å². The Morgan fingerprint density at radius 1 is 1.57 bits per heavy atom. The number of aromatic nitrogens is 3. The number of ether oxygens (including phenoxy) is 1. The molecule has 0 saturated carbocycles. The van der Waals surface area contributed by atoms with Crippen LogP contribution in [0.1, 0.15) is 24.4 Å². The smallest absolute Gasteiger partial charge is 0.283 e. The van der Waals surface area contributed by atoms with Crippen LogP contribution in [-0.4, -0.2) is 28.5 Å². The van der Waals surface area contributed by atoms with Gasteiger partial charge in [0.05, 0.1) is 31.1 Å². The number of anilines is 1. The van der Waals surface area contributed by atoms with Crippen molar-refractivity contribution in [3.05, 3.63) is 37.6 Å².